The van der Waals surface area contributed by atoms with Gasteiger partial charge in [-0.15, -0.1) is 5.10 Å². The number of ether oxygens (including phenoxy) is 2. The van der Waals surface area contributed by atoms with Crippen LogP contribution in [0.1, 0.15) is 16.7 Å². The lowest BCUT2D eigenvalue weighted by atomic mass is 10.1. The molecule has 172 valence electrons. The SMILES string of the molecule is COc1ccc(CCN(Cc2cc3cc(C)ccc3n3nnnc23)C(=O)N(C)C)cc1OC. The Kier molecular flexibility index (Phi) is 6.30. The lowest BCUT2D eigenvalue weighted by Gasteiger charge is -2.26. The van der Waals surface area contributed by atoms with Gasteiger partial charge in [0.15, 0.2) is 17.1 Å². The molecule has 0 aliphatic rings. The second-order valence-electron chi connectivity index (χ2n) is 8.18. The molecule has 0 atom stereocenters. The second kappa shape index (κ2) is 9.32. The van der Waals surface area contributed by atoms with Crippen LogP contribution in [0.3, 0.4) is 0 Å². The van der Waals surface area contributed by atoms with E-state index in [1.165, 1.54) is 0 Å². The van der Waals surface area contributed by atoms with E-state index in [1.807, 2.05) is 42.2 Å². The molecule has 2 amide bonds. The monoisotopic (exact) mass is 448 g/mol. The first-order chi connectivity index (χ1) is 15.9. The van der Waals surface area contributed by atoms with Gasteiger partial charge in [-0.3, -0.25) is 0 Å². The zero-order valence-corrected chi connectivity index (χ0v) is 19.6. The number of benzene rings is 2. The van der Waals surface area contributed by atoms with Gasteiger partial charge in [-0.2, -0.15) is 4.52 Å². The molecular formula is C24H28N6O3. The van der Waals surface area contributed by atoms with Gasteiger partial charge in [0.1, 0.15) is 0 Å². The van der Waals surface area contributed by atoms with E-state index in [0.717, 1.165) is 27.6 Å². The molecule has 0 saturated carbocycles. The number of methoxy groups -OCH3 is 2. The molecule has 0 bridgehead atoms. The molecule has 2 heterocycles. The molecule has 9 nitrogen and oxygen atoms in total. The summed E-state index contributed by atoms with van der Waals surface area (Å²) in [4.78, 5) is 16.4. The largest absolute Gasteiger partial charge is 0.493 e. The first kappa shape index (κ1) is 22.3. The molecule has 0 spiro atoms. The minimum absolute atomic E-state index is 0.0783. The van der Waals surface area contributed by atoms with Crippen LogP contribution >= 0.6 is 0 Å². The van der Waals surface area contributed by atoms with Crippen molar-refractivity contribution >= 4 is 22.6 Å². The van der Waals surface area contributed by atoms with E-state index < -0.39 is 0 Å². The first-order valence-corrected chi connectivity index (χ1v) is 10.7. The van der Waals surface area contributed by atoms with E-state index >= 15 is 0 Å². The molecule has 2 aromatic carbocycles. The van der Waals surface area contributed by atoms with E-state index in [0.29, 0.717) is 36.7 Å². The van der Waals surface area contributed by atoms with Crippen molar-refractivity contribution in [3.63, 3.8) is 0 Å². The van der Waals surface area contributed by atoms with Crippen LogP contribution in [0.15, 0.2) is 42.5 Å². The summed E-state index contributed by atoms with van der Waals surface area (Å²) in [5.74, 6) is 1.34. The van der Waals surface area contributed by atoms with Crippen LogP contribution in [0.5, 0.6) is 11.5 Å². The highest BCUT2D eigenvalue weighted by Gasteiger charge is 2.20. The quantitative estimate of drug-likeness (QED) is 0.431. The Balaban J connectivity index is 1.65. The highest BCUT2D eigenvalue weighted by atomic mass is 16.5. The molecule has 0 aliphatic carbocycles. The number of hydrogen-bond donors (Lipinski definition) is 0. The van der Waals surface area contributed by atoms with Gasteiger partial charge in [0, 0.05) is 31.6 Å². The number of aryl methyl sites for hydroxylation is 1. The van der Waals surface area contributed by atoms with Crippen LogP contribution in [0.25, 0.3) is 16.6 Å². The minimum atomic E-state index is -0.0783. The zero-order valence-electron chi connectivity index (χ0n) is 19.6. The lowest BCUT2D eigenvalue weighted by molar-refractivity contribution is 0.169. The molecule has 0 radical (unpaired) electrons. The number of pyridine rings is 1. The molecule has 9 heteroatoms. The molecule has 4 aromatic rings. The highest BCUT2D eigenvalue weighted by molar-refractivity contribution is 5.84. The Bertz CT molecular complexity index is 1300. The van der Waals surface area contributed by atoms with Crippen molar-refractivity contribution < 1.29 is 14.3 Å². The number of hydrogen-bond acceptors (Lipinski definition) is 6. The van der Waals surface area contributed by atoms with Gasteiger partial charge in [-0.1, -0.05) is 17.7 Å². The third-order valence-corrected chi connectivity index (χ3v) is 5.63. The number of fused-ring (bicyclic) bond motifs is 3. The van der Waals surface area contributed by atoms with Crippen LogP contribution in [-0.4, -0.2) is 70.7 Å². The number of rotatable bonds is 7. The van der Waals surface area contributed by atoms with E-state index in [9.17, 15) is 4.79 Å². The van der Waals surface area contributed by atoms with Crippen molar-refractivity contribution in [1.82, 2.24) is 29.8 Å². The maximum absolute atomic E-state index is 13.0. The number of amides is 2. The number of urea groups is 1. The Morgan fingerprint density at radius 3 is 2.55 bits per heavy atom. The van der Waals surface area contributed by atoms with Gasteiger partial charge < -0.3 is 19.3 Å². The van der Waals surface area contributed by atoms with Crippen molar-refractivity contribution in [2.24, 2.45) is 0 Å². The summed E-state index contributed by atoms with van der Waals surface area (Å²) in [6.07, 6.45) is 0.661. The predicted molar refractivity (Wildman–Crippen MR) is 126 cm³/mol. The standard InChI is InChI=1S/C24H28N6O3/c1-16-6-8-20-18(12-16)14-19(23-25-26-27-30(20)23)15-29(24(31)28(2)3)11-10-17-7-9-21(32-4)22(13-17)33-5/h6-9,12-14H,10-11,15H2,1-5H3. The molecule has 2 aromatic heterocycles. The number of tetrazole rings is 1. The highest BCUT2D eigenvalue weighted by Crippen LogP contribution is 2.28. The van der Waals surface area contributed by atoms with Crippen molar-refractivity contribution in [1.29, 1.82) is 0 Å². The van der Waals surface area contributed by atoms with Crippen molar-refractivity contribution in [3.05, 3.63) is 59.2 Å². The summed E-state index contributed by atoms with van der Waals surface area (Å²) in [6.45, 7) is 2.96. The molecular weight excluding hydrogens is 420 g/mol. The fraction of sp³-hybridized carbons (Fsp3) is 0.333. The average molecular weight is 449 g/mol. The zero-order chi connectivity index (χ0) is 23.5. The van der Waals surface area contributed by atoms with Gasteiger partial charge in [-0.25, -0.2) is 4.79 Å². The van der Waals surface area contributed by atoms with E-state index in [-0.39, 0.29) is 6.03 Å². The minimum Gasteiger partial charge on any atom is -0.493 e. The Morgan fingerprint density at radius 2 is 1.82 bits per heavy atom. The normalized spacial score (nSPS) is 11.1. The smallest absolute Gasteiger partial charge is 0.319 e. The third-order valence-electron chi connectivity index (χ3n) is 5.63. The third kappa shape index (κ3) is 4.52. The van der Waals surface area contributed by atoms with Crippen LogP contribution in [-0.2, 0) is 13.0 Å². The molecule has 4 rings (SSSR count). The number of aromatic nitrogens is 4. The first-order valence-electron chi connectivity index (χ1n) is 10.7. The van der Waals surface area contributed by atoms with Crippen LogP contribution in [0, 0.1) is 6.92 Å². The maximum Gasteiger partial charge on any atom is 0.319 e. The van der Waals surface area contributed by atoms with Crippen LogP contribution < -0.4 is 9.47 Å². The van der Waals surface area contributed by atoms with Crippen LogP contribution in [0.2, 0.25) is 0 Å². The van der Waals surface area contributed by atoms with E-state index in [1.54, 1.807) is 37.7 Å². The number of carbonyl (C=O) groups is 1. The topological polar surface area (TPSA) is 85.1 Å². The van der Waals surface area contributed by atoms with E-state index in [2.05, 4.69) is 27.7 Å². The summed E-state index contributed by atoms with van der Waals surface area (Å²) in [7, 11) is 6.73. The van der Waals surface area contributed by atoms with Gasteiger partial charge in [0.25, 0.3) is 0 Å². The molecule has 0 unspecified atom stereocenters. The van der Waals surface area contributed by atoms with Gasteiger partial charge in [0.2, 0.25) is 0 Å². The summed E-state index contributed by atoms with van der Waals surface area (Å²) < 4.78 is 12.5. The summed E-state index contributed by atoms with van der Waals surface area (Å²) in [5, 5.41) is 13.3. The molecule has 0 N–H and O–H groups in total. The van der Waals surface area contributed by atoms with Crippen molar-refractivity contribution in [2.45, 2.75) is 19.9 Å². The summed E-state index contributed by atoms with van der Waals surface area (Å²) in [5.41, 5.74) is 4.66. The van der Waals surface area contributed by atoms with Gasteiger partial charge in [-0.05, 0) is 59.7 Å². The Hall–Kier alpha value is -3.88. The Labute approximate surface area is 192 Å². The van der Waals surface area contributed by atoms with E-state index in [4.69, 9.17) is 9.47 Å². The van der Waals surface area contributed by atoms with Gasteiger partial charge >= 0.3 is 6.03 Å². The predicted octanol–water partition coefficient (Wildman–Crippen LogP) is 3.33. The molecule has 0 fully saturated rings. The molecule has 0 saturated heterocycles. The van der Waals surface area contributed by atoms with Gasteiger partial charge in [0.05, 0.1) is 26.3 Å². The second-order valence-corrected chi connectivity index (χ2v) is 8.18. The van der Waals surface area contributed by atoms with Crippen LogP contribution in [0.4, 0.5) is 4.79 Å². The average Bonchev–Trinajstić information content (AvgIpc) is 3.31. The maximum atomic E-state index is 13.0. The Morgan fingerprint density at radius 1 is 1.03 bits per heavy atom. The fourth-order valence-corrected chi connectivity index (χ4v) is 3.93. The fourth-order valence-electron chi connectivity index (χ4n) is 3.93. The molecule has 33 heavy (non-hydrogen) atoms. The number of nitrogens with zero attached hydrogens (tertiary/aromatic N) is 6. The summed E-state index contributed by atoms with van der Waals surface area (Å²) in [6, 6.07) is 13.9. The van der Waals surface area contributed by atoms with Crippen molar-refractivity contribution in [3.8, 4) is 11.5 Å². The molecule has 0 aliphatic heterocycles. The number of carbonyl (C=O) groups excluding carboxylic acids is 1. The van der Waals surface area contributed by atoms with Crippen molar-refractivity contribution in [2.75, 3.05) is 34.9 Å². The lowest BCUT2D eigenvalue weighted by Crippen LogP contribution is -2.40. The summed E-state index contributed by atoms with van der Waals surface area (Å²) >= 11 is 0.